The van der Waals surface area contributed by atoms with Crippen LogP contribution in [0, 0.1) is 0 Å². The summed E-state index contributed by atoms with van der Waals surface area (Å²) in [6.07, 6.45) is 6.43. The minimum atomic E-state index is -0.0734. The van der Waals surface area contributed by atoms with Crippen LogP contribution in [0.4, 0.5) is 0 Å². The highest BCUT2D eigenvalue weighted by Crippen LogP contribution is 2.37. The van der Waals surface area contributed by atoms with Gasteiger partial charge in [-0.1, -0.05) is 42.5 Å². The van der Waals surface area contributed by atoms with Crippen molar-refractivity contribution in [1.82, 2.24) is 0 Å². The van der Waals surface area contributed by atoms with Crippen molar-refractivity contribution in [1.29, 1.82) is 0 Å². The van der Waals surface area contributed by atoms with Crippen molar-refractivity contribution in [2.24, 2.45) is 0 Å². The summed E-state index contributed by atoms with van der Waals surface area (Å²) in [5.41, 5.74) is 1.22. The normalized spacial score (nSPS) is 18.6. The molecular weight excluding hydrogens is 172 g/mol. The second-order valence-electron chi connectivity index (χ2n) is 3.67. The molecule has 1 nitrogen and oxygen atoms in total. The number of hydrogen-bond acceptors (Lipinski definition) is 1. The molecule has 1 heteroatoms. The van der Waals surface area contributed by atoms with E-state index < -0.39 is 0 Å². The summed E-state index contributed by atoms with van der Waals surface area (Å²) in [7, 11) is 0. The van der Waals surface area contributed by atoms with E-state index in [1.54, 1.807) is 0 Å². The Bertz CT molecular complexity index is 305. The monoisotopic (exact) mass is 188 g/mol. The number of benzene rings is 1. The maximum Gasteiger partial charge on any atom is 0.0999 e. The van der Waals surface area contributed by atoms with Crippen LogP contribution in [-0.4, -0.2) is 6.61 Å². The predicted octanol–water partition coefficient (Wildman–Crippen LogP) is 3.27. The second kappa shape index (κ2) is 3.97. The van der Waals surface area contributed by atoms with Gasteiger partial charge < -0.3 is 4.74 Å². The number of hydrogen-bond donors (Lipinski definition) is 0. The number of ether oxygens (including phenoxy) is 1. The smallest absolute Gasteiger partial charge is 0.0999 e. The van der Waals surface area contributed by atoms with Gasteiger partial charge in [-0.2, -0.15) is 0 Å². The first-order chi connectivity index (χ1) is 6.87. The van der Waals surface area contributed by atoms with Gasteiger partial charge in [0, 0.05) is 6.61 Å². The van der Waals surface area contributed by atoms with Crippen molar-refractivity contribution in [3.63, 3.8) is 0 Å². The van der Waals surface area contributed by atoms with Gasteiger partial charge in [0.1, 0.15) is 0 Å². The highest BCUT2D eigenvalue weighted by molar-refractivity contribution is 5.27. The number of rotatable bonds is 3. The molecule has 0 saturated carbocycles. The Hall–Kier alpha value is -1.08. The molecule has 1 aliphatic carbocycles. The van der Waals surface area contributed by atoms with Crippen LogP contribution >= 0.6 is 0 Å². The highest BCUT2D eigenvalue weighted by atomic mass is 16.5. The minimum absolute atomic E-state index is 0.0734. The van der Waals surface area contributed by atoms with Crippen LogP contribution in [0.15, 0.2) is 42.5 Å². The SMILES string of the molecule is CCOC1(c2ccccc2)CC=CC1. The van der Waals surface area contributed by atoms with Crippen molar-refractivity contribution >= 4 is 0 Å². The van der Waals surface area contributed by atoms with Gasteiger partial charge in [-0.25, -0.2) is 0 Å². The molecule has 74 valence electrons. The van der Waals surface area contributed by atoms with Crippen molar-refractivity contribution in [3.8, 4) is 0 Å². The predicted molar refractivity (Wildman–Crippen MR) is 58.1 cm³/mol. The third-order valence-corrected chi connectivity index (χ3v) is 2.78. The highest BCUT2D eigenvalue weighted by Gasteiger charge is 2.33. The van der Waals surface area contributed by atoms with Gasteiger partial charge in [0.25, 0.3) is 0 Å². The first-order valence-electron chi connectivity index (χ1n) is 5.22. The minimum Gasteiger partial charge on any atom is -0.370 e. The zero-order valence-electron chi connectivity index (χ0n) is 8.57. The third kappa shape index (κ3) is 1.60. The van der Waals surface area contributed by atoms with E-state index in [-0.39, 0.29) is 5.60 Å². The molecule has 0 atom stereocenters. The lowest BCUT2D eigenvalue weighted by molar-refractivity contribution is -0.0343. The summed E-state index contributed by atoms with van der Waals surface area (Å²) in [4.78, 5) is 0. The lowest BCUT2D eigenvalue weighted by atomic mass is 9.91. The van der Waals surface area contributed by atoms with Gasteiger partial charge in [0.2, 0.25) is 0 Å². The van der Waals surface area contributed by atoms with Crippen LogP contribution in [0.2, 0.25) is 0 Å². The van der Waals surface area contributed by atoms with E-state index >= 15 is 0 Å². The zero-order valence-corrected chi connectivity index (χ0v) is 8.57. The van der Waals surface area contributed by atoms with E-state index in [9.17, 15) is 0 Å². The van der Waals surface area contributed by atoms with Crippen molar-refractivity contribution in [3.05, 3.63) is 48.0 Å². The molecule has 0 N–H and O–H groups in total. The van der Waals surface area contributed by atoms with E-state index in [4.69, 9.17) is 4.74 Å². The van der Waals surface area contributed by atoms with Crippen LogP contribution in [0.3, 0.4) is 0 Å². The van der Waals surface area contributed by atoms with Gasteiger partial charge in [-0.05, 0) is 25.3 Å². The molecule has 0 saturated heterocycles. The lowest BCUT2D eigenvalue weighted by Crippen LogP contribution is -2.26. The summed E-state index contributed by atoms with van der Waals surface area (Å²) < 4.78 is 5.91. The molecule has 0 unspecified atom stereocenters. The summed E-state index contributed by atoms with van der Waals surface area (Å²) in [5.74, 6) is 0. The molecule has 14 heavy (non-hydrogen) atoms. The lowest BCUT2D eigenvalue weighted by Gasteiger charge is -2.29. The Morgan fingerprint density at radius 3 is 2.36 bits per heavy atom. The fraction of sp³-hybridized carbons (Fsp3) is 0.385. The standard InChI is InChI=1S/C13H16O/c1-2-14-13(10-6-7-11-13)12-8-4-3-5-9-12/h3-9H,2,10-11H2,1H3. The van der Waals surface area contributed by atoms with Gasteiger partial charge in [0.15, 0.2) is 0 Å². The molecule has 1 aromatic carbocycles. The molecule has 0 heterocycles. The summed E-state index contributed by atoms with van der Waals surface area (Å²) in [6.45, 7) is 2.83. The third-order valence-electron chi connectivity index (χ3n) is 2.78. The molecule has 0 amide bonds. The van der Waals surface area contributed by atoms with E-state index in [1.165, 1.54) is 5.56 Å². The average molecular weight is 188 g/mol. The summed E-state index contributed by atoms with van der Waals surface area (Å²) >= 11 is 0. The molecule has 2 rings (SSSR count). The molecule has 0 fully saturated rings. The summed E-state index contributed by atoms with van der Waals surface area (Å²) in [5, 5.41) is 0. The van der Waals surface area contributed by atoms with E-state index in [0.717, 1.165) is 19.4 Å². The van der Waals surface area contributed by atoms with Crippen molar-refractivity contribution in [2.75, 3.05) is 6.61 Å². The molecule has 0 aliphatic heterocycles. The molecule has 0 bridgehead atoms. The van der Waals surface area contributed by atoms with Crippen LogP contribution < -0.4 is 0 Å². The molecule has 0 radical (unpaired) electrons. The van der Waals surface area contributed by atoms with E-state index in [2.05, 4.69) is 43.3 Å². The Kier molecular flexibility index (Phi) is 2.69. The van der Waals surface area contributed by atoms with Crippen LogP contribution in [0.25, 0.3) is 0 Å². The maximum absolute atomic E-state index is 5.91. The Balaban J connectivity index is 2.28. The molecule has 1 aromatic rings. The van der Waals surface area contributed by atoms with Crippen molar-refractivity contribution < 1.29 is 4.74 Å². The van der Waals surface area contributed by atoms with E-state index in [1.807, 2.05) is 6.07 Å². The summed E-state index contributed by atoms with van der Waals surface area (Å²) in [6, 6.07) is 10.5. The zero-order chi connectivity index (χ0) is 9.86. The van der Waals surface area contributed by atoms with Crippen LogP contribution in [0.1, 0.15) is 25.3 Å². The van der Waals surface area contributed by atoms with Gasteiger partial charge in [-0.3, -0.25) is 0 Å². The Morgan fingerprint density at radius 2 is 1.79 bits per heavy atom. The fourth-order valence-corrected chi connectivity index (χ4v) is 2.09. The van der Waals surface area contributed by atoms with E-state index in [0.29, 0.717) is 0 Å². The Labute approximate surface area is 85.4 Å². The largest absolute Gasteiger partial charge is 0.370 e. The molecular formula is C13H16O. The molecule has 0 aromatic heterocycles. The van der Waals surface area contributed by atoms with Gasteiger partial charge in [0.05, 0.1) is 5.60 Å². The quantitative estimate of drug-likeness (QED) is 0.661. The Morgan fingerprint density at radius 1 is 1.14 bits per heavy atom. The van der Waals surface area contributed by atoms with Gasteiger partial charge >= 0.3 is 0 Å². The molecule has 1 aliphatic rings. The average Bonchev–Trinajstić information content (AvgIpc) is 2.70. The first-order valence-corrected chi connectivity index (χ1v) is 5.22. The van der Waals surface area contributed by atoms with Crippen LogP contribution in [0.5, 0.6) is 0 Å². The van der Waals surface area contributed by atoms with Crippen molar-refractivity contribution in [2.45, 2.75) is 25.4 Å². The van der Waals surface area contributed by atoms with Gasteiger partial charge in [-0.15, -0.1) is 0 Å². The first kappa shape index (κ1) is 9.47. The van der Waals surface area contributed by atoms with Crippen LogP contribution in [-0.2, 0) is 10.3 Å². The second-order valence-corrected chi connectivity index (χ2v) is 3.67. The molecule has 0 spiro atoms. The topological polar surface area (TPSA) is 9.23 Å². The fourth-order valence-electron chi connectivity index (χ4n) is 2.09. The maximum atomic E-state index is 5.91.